The van der Waals surface area contributed by atoms with Crippen molar-refractivity contribution in [2.24, 2.45) is 23.7 Å². The first-order chi connectivity index (χ1) is 22.9. The summed E-state index contributed by atoms with van der Waals surface area (Å²) < 4.78 is 40.7. The Bertz CT molecular complexity index is 1340. The molecule has 0 saturated heterocycles. The van der Waals surface area contributed by atoms with Gasteiger partial charge in [-0.2, -0.15) is 0 Å². The fourth-order valence-electron chi connectivity index (χ4n) is 6.08. The number of aliphatic carboxylic acids is 1. The summed E-state index contributed by atoms with van der Waals surface area (Å²) in [5.74, 6) is 0.525. The van der Waals surface area contributed by atoms with Crippen LogP contribution >= 0.6 is 7.60 Å². The lowest BCUT2D eigenvalue weighted by Gasteiger charge is -2.30. The van der Waals surface area contributed by atoms with E-state index in [0.717, 1.165) is 49.1 Å². The van der Waals surface area contributed by atoms with Crippen LogP contribution in [0.25, 0.3) is 11.5 Å². The maximum Gasteiger partial charge on any atom is 0.345 e. The summed E-state index contributed by atoms with van der Waals surface area (Å²) in [6.07, 6.45) is 6.32. The van der Waals surface area contributed by atoms with Crippen LogP contribution in [0.2, 0.25) is 0 Å². The summed E-state index contributed by atoms with van der Waals surface area (Å²) in [6.45, 7) is 21.3. The molecule has 0 amide bonds. The van der Waals surface area contributed by atoms with Crippen LogP contribution in [0.4, 0.5) is 0 Å². The van der Waals surface area contributed by atoms with Gasteiger partial charge in [0.1, 0.15) is 17.1 Å². The van der Waals surface area contributed by atoms with E-state index in [-0.39, 0.29) is 37.1 Å². The number of carbonyl (C=O) groups is 2. The van der Waals surface area contributed by atoms with E-state index < -0.39 is 30.8 Å². The second kappa shape index (κ2) is 19.8. The second-order valence-corrected chi connectivity index (χ2v) is 16.9. The minimum Gasteiger partial charge on any atom is -0.481 e. The van der Waals surface area contributed by atoms with Crippen LogP contribution in [0.5, 0.6) is 0 Å². The van der Waals surface area contributed by atoms with Gasteiger partial charge in [-0.3, -0.25) is 14.2 Å². The van der Waals surface area contributed by atoms with Gasteiger partial charge in [-0.1, -0.05) is 58.2 Å². The normalized spacial score (nSPS) is 18.1. The monoisotopic (exact) mass is 707 g/mol. The molecule has 3 rings (SSSR count). The number of rotatable bonds is 16. The molecule has 1 saturated carbocycles. The van der Waals surface area contributed by atoms with E-state index in [2.05, 4.69) is 24.0 Å². The van der Waals surface area contributed by atoms with Crippen molar-refractivity contribution in [3.63, 3.8) is 0 Å². The Kier molecular flexibility index (Phi) is 17.2. The highest BCUT2D eigenvalue weighted by molar-refractivity contribution is 7.55. The number of hydrogen-bond donors (Lipinski definition) is 1. The summed E-state index contributed by atoms with van der Waals surface area (Å²) in [4.78, 5) is 28.3. The van der Waals surface area contributed by atoms with Gasteiger partial charge in [-0.05, 0) is 104 Å². The maximum absolute atomic E-state index is 12.7. The van der Waals surface area contributed by atoms with Crippen molar-refractivity contribution in [3.8, 4) is 11.5 Å². The molecular formula is C38H62NO9P. The summed E-state index contributed by atoms with van der Waals surface area (Å²) in [5.41, 5.74) is 1.52. The molecule has 0 radical (unpaired) electrons. The molecule has 2 aromatic rings. The van der Waals surface area contributed by atoms with E-state index in [4.69, 9.17) is 22.9 Å². The SMILES string of the molecule is CCOP(=O)(OCC)C(C(=O)OC(C)(C)C)C(C)C.Cc1ccc(-c2nc(CO[C@@H]3CCC[C@H](CCC(C(=O)O)C(C)C)C3)c(C)o2)cc1. The van der Waals surface area contributed by atoms with E-state index in [1.807, 2.05) is 32.9 Å². The molecule has 0 spiro atoms. The molecule has 2 unspecified atom stereocenters. The van der Waals surface area contributed by atoms with E-state index in [9.17, 15) is 19.3 Å². The lowest BCUT2D eigenvalue weighted by molar-refractivity contribution is -0.155. The molecule has 1 aliphatic carbocycles. The number of oxazole rings is 1. The van der Waals surface area contributed by atoms with Gasteiger partial charge in [0.05, 0.1) is 31.8 Å². The fraction of sp³-hybridized carbons (Fsp3) is 0.711. The summed E-state index contributed by atoms with van der Waals surface area (Å²) >= 11 is 0. The largest absolute Gasteiger partial charge is 0.481 e. The smallest absolute Gasteiger partial charge is 0.345 e. The first kappa shape index (κ1) is 42.6. The summed E-state index contributed by atoms with van der Waals surface area (Å²) in [6, 6.07) is 8.17. The van der Waals surface area contributed by atoms with E-state index in [1.54, 1.807) is 48.5 Å². The van der Waals surface area contributed by atoms with Gasteiger partial charge in [0.25, 0.3) is 0 Å². The van der Waals surface area contributed by atoms with Crippen LogP contribution in [-0.4, -0.2) is 52.6 Å². The number of benzene rings is 1. The molecular weight excluding hydrogens is 645 g/mol. The lowest BCUT2D eigenvalue weighted by atomic mass is 9.81. The third kappa shape index (κ3) is 14.0. The number of carboxylic acids is 1. The Labute approximate surface area is 294 Å². The van der Waals surface area contributed by atoms with Crippen molar-refractivity contribution in [2.75, 3.05) is 13.2 Å². The van der Waals surface area contributed by atoms with Crippen LogP contribution in [0.15, 0.2) is 28.7 Å². The highest BCUT2D eigenvalue weighted by Crippen LogP contribution is 2.56. The summed E-state index contributed by atoms with van der Waals surface area (Å²) in [7, 11) is -3.50. The lowest BCUT2D eigenvalue weighted by Crippen LogP contribution is -2.35. The van der Waals surface area contributed by atoms with Gasteiger partial charge in [0.15, 0.2) is 5.66 Å². The van der Waals surface area contributed by atoms with E-state index in [1.165, 1.54) is 12.0 Å². The van der Waals surface area contributed by atoms with E-state index in [0.29, 0.717) is 18.4 Å². The zero-order chi connectivity index (χ0) is 36.9. The molecule has 10 nitrogen and oxygen atoms in total. The molecule has 1 aliphatic rings. The highest BCUT2D eigenvalue weighted by Gasteiger charge is 2.45. The molecule has 49 heavy (non-hydrogen) atoms. The van der Waals surface area contributed by atoms with Crippen LogP contribution in [0.3, 0.4) is 0 Å². The topological polar surface area (TPSA) is 134 Å². The number of ether oxygens (including phenoxy) is 2. The van der Waals surface area contributed by atoms with Gasteiger partial charge in [-0.15, -0.1) is 0 Å². The average molecular weight is 708 g/mol. The predicted octanol–water partition coefficient (Wildman–Crippen LogP) is 9.79. The zero-order valence-corrected chi connectivity index (χ0v) is 32.6. The van der Waals surface area contributed by atoms with Crippen molar-refractivity contribution >= 4 is 19.5 Å². The quantitative estimate of drug-likeness (QED) is 0.133. The molecule has 0 aliphatic heterocycles. The fourth-order valence-corrected chi connectivity index (χ4v) is 8.23. The first-order valence-corrected chi connectivity index (χ1v) is 19.5. The number of carboxylic acid groups (broad SMARTS) is 1. The third-order valence-electron chi connectivity index (χ3n) is 8.63. The molecule has 0 bridgehead atoms. The third-order valence-corrected chi connectivity index (χ3v) is 11.4. The standard InChI is InChI=1S/C25H35NO4.C13H27O5P/c1-16(2)22(25(27)28)13-10-19-6-5-7-21(14-19)29-15-23-18(4)30-24(26-23)20-11-8-17(3)9-12-20;1-8-16-19(15,17-9-2)11(10(3)4)12(14)18-13(5,6)7/h8-9,11-12,16,19,21-22H,5-7,10,13-15H2,1-4H3,(H,27,28);10-11H,8-9H2,1-7H3/t19-,21-,22?;/m1./s1. The van der Waals surface area contributed by atoms with Gasteiger partial charge in [-0.25, -0.2) is 4.98 Å². The van der Waals surface area contributed by atoms with Crippen molar-refractivity contribution in [1.82, 2.24) is 4.98 Å². The number of nitrogens with zero attached hydrogens (tertiary/aromatic N) is 1. The molecule has 4 atom stereocenters. The Morgan fingerprint density at radius 2 is 1.61 bits per heavy atom. The zero-order valence-electron chi connectivity index (χ0n) is 31.7. The molecule has 1 fully saturated rings. The molecule has 1 aromatic carbocycles. The highest BCUT2D eigenvalue weighted by atomic mass is 31.2. The minimum atomic E-state index is -3.50. The first-order valence-electron chi connectivity index (χ1n) is 17.9. The van der Waals surface area contributed by atoms with Gasteiger partial charge < -0.3 is 28.0 Å². The van der Waals surface area contributed by atoms with Crippen LogP contribution in [-0.2, 0) is 39.3 Å². The number of aryl methyl sites for hydroxylation is 2. The van der Waals surface area contributed by atoms with Crippen molar-refractivity contribution < 1.29 is 42.2 Å². The average Bonchev–Trinajstić information content (AvgIpc) is 3.36. The van der Waals surface area contributed by atoms with Gasteiger partial charge >= 0.3 is 19.5 Å². The molecule has 1 N–H and O–H groups in total. The van der Waals surface area contributed by atoms with E-state index >= 15 is 0 Å². The Morgan fingerprint density at radius 3 is 2.12 bits per heavy atom. The molecule has 1 aromatic heterocycles. The predicted molar refractivity (Wildman–Crippen MR) is 192 cm³/mol. The van der Waals surface area contributed by atoms with Crippen molar-refractivity contribution in [1.29, 1.82) is 0 Å². The number of hydrogen-bond acceptors (Lipinski definition) is 9. The van der Waals surface area contributed by atoms with Gasteiger partial charge in [0, 0.05) is 5.56 Å². The minimum absolute atomic E-state index is 0.177. The second-order valence-electron chi connectivity index (χ2n) is 14.7. The van der Waals surface area contributed by atoms with Crippen LogP contribution in [0, 0.1) is 37.5 Å². The summed E-state index contributed by atoms with van der Waals surface area (Å²) in [5, 5.41) is 9.42. The molecule has 1 heterocycles. The maximum atomic E-state index is 12.7. The molecule has 278 valence electrons. The Morgan fingerprint density at radius 1 is 1.00 bits per heavy atom. The van der Waals surface area contributed by atoms with Crippen LogP contribution < -0.4 is 0 Å². The molecule has 11 heteroatoms. The Hall–Kier alpha value is -2.52. The number of esters is 1. The Balaban J connectivity index is 0.000000381. The number of aromatic nitrogens is 1. The van der Waals surface area contributed by atoms with Gasteiger partial charge in [0.2, 0.25) is 5.89 Å². The van der Waals surface area contributed by atoms with Crippen molar-refractivity contribution in [3.05, 3.63) is 41.3 Å². The number of carbonyl (C=O) groups excluding carboxylic acids is 1. The van der Waals surface area contributed by atoms with Crippen molar-refractivity contribution in [2.45, 2.75) is 139 Å². The van der Waals surface area contributed by atoms with Crippen LogP contribution in [0.1, 0.15) is 118 Å².